The van der Waals surface area contributed by atoms with E-state index >= 15 is 0 Å². The summed E-state index contributed by atoms with van der Waals surface area (Å²) in [5.41, 5.74) is -0.847. The molecule has 164 valence electrons. The average molecular weight is 447 g/mol. The molecule has 0 aliphatic carbocycles. The lowest BCUT2D eigenvalue weighted by atomic mass is 10.2. The number of hydrogen-bond donors (Lipinski definition) is 0. The van der Waals surface area contributed by atoms with Gasteiger partial charge in [0, 0.05) is 6.42 Å². The Morgan fingerprint density at radius 3 is 2.37 bits per heavy atom. The van der Waals surface area contributed by atoms with Crippen molar-refractivity contribution < 1.29 is 36.9 Å². The molecule has 0 fully saturated rings. The molecule has 2 aromatic carbocycles. The van der Waals surface area contributed by atoms with Gasteiger partial charge in [-0.15, -0.1) is 0 Å². The molecule has 0 aliphatic heterocycles. The molecule has 1 unspecified atom stereocenters. The largest absolute Gasteiger partial charge is 0.468 e. The van der Waals surface area contributed by atoms with Crippen LogP contribution in [0.25, 0.3) is 0 Å². The number of esters is 1. The van der Waals surface area contributed by atoms with Crippen molar-refractivity contribution in [2.75, 3.05) is 13.4 Å². The van der Waals surface area contributed by atoms with Gasteiger partial charge in [-0.2, -0.15) is 13.2 Å². The lowest BCUT2D eigenvalue weighted by Crippen LogP contribution is -2.15. The quantitative estimate of drug-likeness (QED) is 0.319. The van der Waals surface area contributed by atoms with Crippen molar-refractivity contribution in [3.63, 3.8) is 0 Å². The van der Waals surface area contributed by atoms with Crippen molar-refractivity contribution in [2.24, 2.45) is 0 Å². The van der Waals surface area contributed by atoms with Crippen molar-refractivity contribution >= 4 is 17.6 Å². The minimum atomic E-state index is -4.47. The lowest BCUT2D eigenvalue weighted by Gasteiger charge is -2.14. The SMILES string of the molecule is CCOC(=O)CCC(C)OCOc1ccc(Oc2ccc(C(F)(F)F)cc2Cl)cc1. The van der Waals surface area contributed by atoms with E-state index in [1.807, 2.05) is 6.92 Å². The van der Waals surface area contributed by atoms with Gasteiger partial charge >= 0.3 is 12.1 Å². The van der Waals surface area contributed by atoms with Gasteiger partial charge in [-0.05, 0) is 62.7 Å². The molecule has 0 saturated heterocycles. The Morgan fingerprint density at radius 1 is 1.10 bits per heavy atom. The molecule has 0 saturated carbocycles. The van der Waals surface area contributed by atoms with E-state index in [9.17, 15) is 18.0 Å². The molecule has 0 aliphatic rings. The third-order valence-electron chi connectivity index (χ3n) is 3.95. The topological polar surface area (TPSA) is 54.0 Å². The van der Waals surface area contributed by atoms with Crippen LogP contribution in [0.4, 0.5) is 13.2 Å². The van der Waals surface area contributed by atoms with Crippen LogP contribution < -0.4 is 9.47 Å². The molecule has 0 N–H and O–H groups in total. The van der Waals surface area contributed by atoms with Gasteiger partial charge in [0.15, 0.2) is 6.79 Å². The Balaban J connectivity index is 1.81. The van der Waals surface area contributed by atoms with E-state index in [1.54, 1.807) is 31.2 Å². The summed E-state index contributed by atoms with van der Waals surface area (Å²) in [6, 6.07) is 9.32. The van der Waals surface area contributed by atoms with Crippen molar-refractivity contribution in [3.05, 3.63) is 53.1 Å². The van der Waals surface area contributed by atoms with Gasteiger partial charge in [-0.25, -0.2) is 0 Å². The van der Waals surface area contributed by atoms with Crippen molar-refractivity contribution in [1.29, 1.82) is 0 Å². The number of ether oxygens (including phenoxy) is 4. The molecule has 0 spiro atoms. The average Bonchev–Trinajstić information content (AvgIpc) is 2.68. The molecule has 5 nitrogen and oxygen atoms in total. The summed E-state index contributed by atoms with van der Waals surface area (Å²) in [6.45, 7) is 3.92. The number of benzene rings is 2. The zero-order valence-corrected chi connectivity index (χ0v) is 17.3. The maximum atomic E-state index is 12.7. The summed E-state index contributed by atoms with van der Waals surface area (Å²) < 4.78 is 59.4. The summed E-state index contributed by atoms with van der Waals surface area (Å²) in [4.78, 5) is 11.3. The number of halogens is 4. The van der Waals surface area contributed by atoms with Crippen molar-refractivity contribution in [2.45, 2.75) is 39.0 Å². The van der Waals surface area contributed by atoms with E-state index in [1.165, 1.54) is 6.07 Å². The molecule has 0 aromatic heterocycles. The number of alkyl halides is 3. The maximum absolute atomic E-state index is 12.7. The molecule has 2 rings (SSSR count). The molecular formula is C21H22ClF3O5. The van der Waals surface area contributed by atoms with E-state index < -0.39 is 11.7 Å². The second kappa shape index (κ2) is 11.1. The van der Waals surface area contributed by atoms with Crippen LogP contribution in [0.5, 0.6) is 17.2 Å². The molecule has 1 atom stereocenters. The smallest absolute Gasteiger partial charge is 0.416 e. The van der Waals surface area contributed by atoms with E-state index in [-0.39, 0.29) is 36.1 Å². The van der Waals surface area contributed by atoms with Crippen LogP contribution in [0.15, 0.2) is 42.5 Å². The van der Waals surface area contributed by atoms with Crippen molar-refractivity contribution in [1.82, 2.24) is 0 Å². The number of carbonyl (C=O) groups excluding carboxylic acids is 1. The Kier molecular flexibility index (Phi) is 8.80. The fourth-order valence-electron chi connectivity index (χ4n) is 2.35. The highest BCUT2D eigenvalue weighted by molar-refractivity contribution is 6.32. The highest BCUT2D eigenvalue weighted by Crippen LogP contribution is 2.36. The number of carbonyl (C=O) groups is 1. The molecule has 2 aromatic rings. The Bertz CT molecular complexity index is 824. The molecular weight excluding hydrogens is 425 g/mol. The van der Waals surface area contributed by atoms with E-state index in [0.717, 1.165) is 12.1 Å². The summed E-state index contributed by atoms with van der Waals surface area (Å²) in [6.07, 6.45) is -3.87. The highest BCUT2D eigenvalue weighted by atomic mass is 35.5. The zero-order valence-electron chi connectivity index (χ0n) is 16.5. The second-order valence-corrected chi connectivity index (χ2v) is 6.71. The molecule has 0 amide bonds. The van der Waals surface area contributed by atoms with Gasteiger partial charge in [0.25, 0.3) is 0 Å². The normalized spacial score (nSPS) is 12.3. The molecule has 0 bridgehead atoms. The third kappa shape index (κ3) is 7.76. The minimum absolute atomic E-state index is 0.00503. The van der Waals surface area contributed by atoms with Gasteiger partial charge in [0.2, 0.25) is 0 Å². The molecule has 0 heterocycles. The molecule has 30 heavy (non-hydrogen) atoms. The summed E-state index contributed by atoms with van der Waals surface area (Å²) in [5, 5.41) is -0.143. The summed E-state index contributed by atoms with van der Waals surface area (Å²) >= 11 is 5.88. The van der Waals surface area contributed by atoms with Crippen LogP contribution in [0.1, 0.15) is 32.3 Å². The third-order valence-corrected chi connectivity index (χ3v) is 4.24. The Morgan fingerprint density at radius 2 is 1.77 bits per heavy atom. The monoisotopic (exact) mass is 446 g/mol. The minimum Gasteiger partial charge on any atom is -0.468 e. The molecule has 0 radical (unpaired) electrons. The van der Waals surface area contributed by atoms with E-state index in [4.69, 9.17) is 30.5 Å². The first-order valence-electron chi connectivity index (χ1n) is 9.23. The van der Waals surface area contributed by atoms with E-state index in [0.29, 0.717) is 24.5 Å². The fourth-order valence-corrected chi connectivity index (χ4v) is 2.57. The van der Waals surface area contributed by atoms with Gasteiger partial charge in [-0.3, -0.25) is 4.79 Å². The predicted molar refractivity (Wildman–Crippen MR) is 105 cm³/mol. The lowest BCUT2D eigenvalue weighted by molar-refractivity contribution is -0.144. The van der Waals surface area contributed by atoms with Crippen LogP contribution in [-0.4, -0.2) is 25.5 Å². The Labute approximate surface area is 177 Å². The summed E-state index contributed by atoms with van der Waals surface area (Å²) in [7, 11) is 0. The standard InChI is InChI=1S/C21H22ClF3O5/c1-3-27-20(26)11-4-14(2)28-13-29-16-6-8-17(9-7-16)30-19-10-5-15(12-18(19)22)21(23,24)25/h5-10,12,14H,3-4,11,13H2,1-2H3. The van der Waals surface area contributed by atoms with Gasteiger partial charge in [0.1, 0.15) is 17.2 Å². The fraction of sp³-hybridized carbons (Fsp3) is 0.381. The van der Waals surface area contributed by atoms with Gasteiger partial charge in [0.05, 0.1) is 23.3 Å². The zero-order chi connectivity index (χ0) is 22.1. The van der Waals surface area contributed by atoms with Crippen LogP contribution in [0.3, 0.4) is 0 Å². The van der Waals surface area contributed by atoms with Crippen molar-refractivity contribution in [3.8, 4) is 17.2 Å². The first-order chi connectivity index (χ1) is 14.2. The van der Waals surface area contributed by atoms with Crippen LogP contribution in [-0.2, 0) is 20.4 Å². The number of rotatable bonds is 10. The highest BCUT2D eigenvalue weighted by Gasteiger charge is 2.31. The van der Waals surface area contributed by atoms with Crippen LogP contribution >= 0.6 is 11.6 Å². The first-order valence-corrected chi connectivity index (χ1v) is 9.61. The van der Waals surface area contributed by atoms with Gasteiger partial charge < -0.3 is 18.9 Å². The molecule has 9 heteroatoms. The maximum Gasteiger partial charge on any atom is 0.416 e. The van der Waals surface area contributed by atoms with Crippen LogP contribution in [0.2, 0.25) is 5.02 Å². The Hall–Kier alpha value is -2.45. The van der Waals surface area contributed by atoms with Gasteiger partial charge in [-0.1, -0.05) is 11.6 Å². The van der Waals surface area contributed by atoms with E-state index in [2.05, 4.69) is 0 Å². The predicted octanol–water partition coefficient (Wildman–Crippen LogP) is 6.24. The van der Waals surface area contributed by atoms with Crippen LogP contribution in [0, 0.1) is 0 Å². The summed E-state index contributed by atoms with van der Waals surface area (Å²) in [5.74, 6) is 0.737. The second-order valence-electron chi connectivity index (χ2n) is 6.30. The number of hydrogen-bond acceptors (Lipinski definition) is 5. The first kappa shape index (κ1) is 23.8.